The normalized spacial score (nSPS) is 13.9. The lowest BCUT2D eigenvalue weighted by Crippen LogP contribution is -2.16. The Labute approximate surface area is 156 Å². The van der Waals surface area contributed by atoms with Crippen LogP contribution in [0.15, 0.2) is 65.1 Å². The van der Waals surface area contributed by atoms with Gasteiger partial charge in [-0.25, -0.2) is 0 Å². The van der Waals surface area contributed by atoms with Crippen LogP contribution in [-0.4, -0.2) is 12.7 Å². The predicted octanol–water partition coefficient (Wildman–Crippen LogP) is 5.33. The molecule has 0 aromatic heterocycles. The van der Waals surface area contributed by atoms with Gasteiger partial charge < -0.3 is 9.68 Å². The van der Waals surface area contributed by atoms with Crippen molar-refractivity contribution >= 4 is 23.6 Å². The van der Waals surface area contributed by atoms with Gasteiger partial charge in [-0.1, -0.05) is 72.2 Å². The molecular formula is C21H17BBrO2. The minimum Gasteiger partial charge on any atom is -0.537 e. The maximum atomic E-state index is 8.97. The van der Waals surface area contributed by atoms with Gasteiger partial charge >= 0.3 is 7.69 Å². The van der Waals surface area contributed by atoms with E-state index >= 15 is 0 Å². The highest BCUT2D eigenvalue weighted by atomic mass is 79.9. The van der Waals surface area contributed by atoms with E-state index in [1.807, 2.05) is 12.1 Å². The van der Waals surface area contributed by atoms with Crippen LogP contribution < -0.4 is 4.65 Å². The first kappa shape index (κ1) is 16.4. The highest BCUT2D eigenvalue weighted by Gasteiger charge is 2.37. The maximum Gasteiger partial charge on any atom is 0.569 e. The molecule has 0 atom stereocenters. The molecule has 0 unspecified atom stereocenters. The fourth-order valence-corrected chi connectivity index (χ4v) is 4.41. The van der Waals surface area contributed by atoms with Gasteiger partial charge in [0.25, 0.3) is 0 Å². The van der Waals surface area contributed by atoms with E-state index in [4.69, 9.17) is 9.68 Å². The SMILES string of the molecule is CC1(C)c2ccccc2-c2cccc(-c3cc(Br)cc(O[B]O)c3)c21. The third-order valence-corrected chi connectivity index (χ3v) is 5.41. The van der Waals surface area contributed by atoms with Crippen molar-refractivity contribution in [2.45, 2.75) is 19.3 Å². The molecule has 0 fully saturated rings. The van der Waals surface area contributed by atoms with Gasteiger partial charge in [0.2, 0.25) is 0 Å². The zero-order chi connectivity index (χ0) is 17.6. The monoisotopic (exact) mass is 391 g/mol. The first-order chi connectivity index (χ1) is 12.0. The fourth-order valence-electron chi connectivity index (χ4n) is 3.94. The third-order valence-electron chi connectivity index (χ3n) is 4.95. The second-order valence-electron chi connectivity index (χ2n) is 6.80. The molecule has 4 heteroatoms. The second kappa shape index (κ2) is 6.04. The Bertz CT molecular complexity index is 966. The van der Waals surface area contributed by atoms with Gasteiger partial charge in [0, 0.05) is 9.89 Å². The van der Waals surface area contributed by atoms with Gasteiger partial charge in [-0.2, -0.15) is 0 Å². The van der Waals surface area contributed by atoms with E-state index in [1.165, 1.54) is 27.8 Å². The summed E-state index contributed by atoms with van der Waals surface area (Å²) >= 11 is 3.54. The summed E-state index contributed by atoms with van der Waals surface area (Å²) in [6.07, 6.45) is 0. The van der Waals surface area contributed by atoms with Crippen LogP contribution in [0.3, 0.4) is 0 Å². The van der Waals surface area contributed by atoms with Crippen LogP contribution in [0.2, 0.25) is 0 Å². The molecular weight excluding hydrogens is 375 g/mol. The van der Waals surface area contributed by atoms with E-state index in [-0.39, 0.29) is 5.41 Å². The summed E-state index contributed by atoms with van der Waals surface area (Å²) in [4.78, 5) is 0. The Morgan fingerprint density at radius 2 is 1.64 bits per heavy atom. The van der Waals surface area contributed by atoms with Crippen molar-refractivity contribution in [1.29, 1.82) is 0 Å². The molecule has 0 saturated heterocycles. The van der Waals surface area contributed by atoms with Crippen LogP contribution in [0.5, 0.6) is 5.75 Å². The number of halogens is 1. The van der Waals surface area contributed by atoms with Crippen LogP contribution in [-0.2, 0) is 5.41 Å². The van der Waals surface area contributed by atoms with Crippen LogP contribution in [0.4, 0.5) is 0 Å². The summed E-state index contributed by atoms with van der Waals surface area (Å²) in [7, 11) is 0.709. The number of hydrogen-bond acceptors (Lipinski definition) is 2. The van der Waals surface area contributed by atoms with Crippen molar-refractivity contribution in [2.75, 3.05) is 0 Å². The van der Waals surface area contributed by atoms with E-state index in [1.54, 1.807) is 0 Å². The average molecular weight is 392 g/mol. The first-order valence-electron chi connectivity index (χ1n) is 8.19. The maximum absolute atomic E-state index is 8.97. The quantitative estimate of drug-likeness (QED) is 0.611. The average Bonchev–Trinajstić information content (AvgIpc) is 2.83. The molecule has 0 heterocycles. The highest BCUT2D eigenvalue weighted by molar-refractivity contribution is 9.10. The third kappa shape index (κ3) is 2.61. The summed E-state index contributed by atoms with van der Waals surface area (Å²) in [6, 6.07) is 20.9. The zero-order valence-electron chi connectivity index (χ0n) is 14.1. The highest BCUT2D eigenvalue weighted by Crippen LogP contribution is 2.52. The van der Waals surface area contributed by atoms with Crippen LogP contribution in [0.1, 0.15) is 25.0 Å². The number of benzene rings is 3. The van der Waals surface area contributed by atoms with Crippen molar-refractivity contribution in [3.63, 3.8) is 0 Å². The molecule has 0 amide bonds. The summed E-state index contributed by atoms with van der Waals surface area (Å²) in [5, 5.41) is 8.97. The molecule has 2 nitrogen and oxygen atoms in total. The molecule has 0 spiro atoms. The van der Waals surface area contributed by atoms with E-state index in [2.05, 4.69) is 78.3 Å². The van der Waals surface area contributed by atoms with Gasteiger partial charge in [-0.05, 0) is 51.6 Å². The smallest absolute Gasteiger partial charge is 0.537 e. The lowest BCUT2D eigenvalue weighted by molar-refractivity contribution is 0.454. The van der Waals surface area contributed by atoms with E-state index in [0.29, 0.717) is 13.4 Å². The Kier molecular flexibility index (Phi) is 3.97. The fraction of sp³-hybridized carbons (Fsp3) is 0.143. The van der Waals surface area contributed by atoms with Gasteiger partial charge in [0.05, 0.1) is 0 Å². The largest absolute Gasteiger partial charge is 0.569 e. The Hall–Kier alpha value is -2.04. The van der Waals surface area contributed by atoms with Crippen molar-refractivity contribution < 1.29 is 9.68 Å². The predicted molar refractivity (Wildman–Crippen MR) is 106 cm³/mol. The van der Waals surface area contributed by atoms with E-state index in [9.17, 15) is 0 Å². The number of rotatable bonds is 3. The molecule has 1 aliphatic rings. The van der Waals surface area contributed by atoms with Crippen LogP contribution >= 0.6 is 15.9 Å². The summed E-state index contributed by atoms with van der Waals surface area (Å²) < 4.78 is 6.09. The van der Waals surface area contributed by atoms with Crippen LogP contribution in [0, 0.1) is 0 Å². The summed E-state index contributed by atoms with van der Waals surface area (Å²) in [5.74, 6) is 0.595. The molecule has 123 valence electrons. The minimum absolute atomic E-state index is 0.0744. The van der Waals surface area contributed by atoms with Gasteiger partial charge in [-0.3, -0.25) is 0 Å². The Morgan fingerprint density at radius 1 is 0.920 bits per heavy atom. The standard InChI is InChI=1S/C21H17BBrO2/c1-21(2)19-9-4-3-6-17(19)18-8-5-7-16(20(18)21)13-10-14(23)12-15(11-13)25-22-24/h3-12,24H,1-2H3. The molecule has 3 aromatic rings. The molecule has 1 N–H and O–H groups in total. The van der Waals surface area contributed by atoms with Crippen molar-refractivity contribution in [2.24, 2.45) is 0 Å². The molecule has 0 saturated carbocycles. The number of fused-ring (bicyclic) bond motifs is 3. The summed E-state index contributed by atoms with van der Waals surface area (Å²) in [6.45, 7) is 4.55. The topological polar surface area (TPSA) is 29.5 Å². The molecule has 0 aliphatic heterocycles. The molecule has 0 bridgehead atoms. The van der Waals surface area contributed by atoms with Gasteiger partial charge in [-0.15, -0.1) is 0 Å². The van der Waals surface area contributed by atoms with Gasteiger partial charge in [0.1, 0.15) is 5.75 Å². The summed E-state index contributed by atoms with van der Waals surface area (Å²) in [5.41, 5.74) is 7.44. The minimum atomic E-state index is -0.0744. The molecule has 4 rings (SSSR count). The van der Waals surface area contributed by atoms with Crippen molar-refractivity contribution in [3.05, 3.63) is 76.3 Å². The first-order valence-corrected chi connectivity index (χ1v) is 8.98. The molecule has 1 radical (unpaired) electrons. The second-order valence-corrected chi connectivity index (χ2v) is 7.71. The zero-order valence-corrected chi connectivity index (χ0v) is 15.7. The van der Waals surface area contributed by atoms with Gasteiger partial charge in [0.15, 0.2) is 0 Å². The van der Waals surface area contributed by atoms with E-state index in [0.717, 1.165) is 10.0 Å². The van der Waals surface area contributed by atoms with E-state index < -0.39 is 0 Å². The molecule has 25 heavy (non-hydrogen) atoms. The Morgan fingerprint density at radius 3 is 2.44 bits per heavy atom. The lowest BCUT2D eigenvalue weighted by Gasteiger charge is -2.24. The van der Waals surface area contributed by atoms with Crippen molar-refractivity contribution in [3.8, 4) is 28.0 Å². The number of hydrogen-bond donors (Lipinski definition) is 1. The van der Waals surface area contributed by atoms with Crippen molar-refractivity contribution in [1.82, 2.24) is 0 Å². The lowest BCUT2D eigenvalue weighted by atomic mass is 9.79. The Balaban J connectivity index is 1.97. The molecule has 3 aromatic carbocycles. The van der Waals surface area contributed by atoms with Crippen LogP contribution in [0.25, 0.3) is 22.3 Å². The molecule has 1 aliphatic carbocycles.